The normalized spacial score (nSPS) is 22.1. The highest BCUT2D eigenvalue weighted by Crippen LogP contribution is 2.39. The quantitative estimate of drug-likeness (QED) is 0.645. The van der Waals surface area contributed by atoms with Crippen molar-refractivity contribution in [2.75, 3.05) is 13.1 Å². The van der Waals surface area contributed by atoms with Gasteiger partial charge in [-0.15, -0.1) is 11.3 Å². The maximum absolute atomic E-state index is 6.08. The van der Waals surface area contributed by atoms with Gasteiger partial charge in [0.1, 0.15) is 0 Å². The van der Waals surface area contributed by atoms with Gasteiger partial charge >= 0.3 is 0 Å². The second-order valence-electron chi connectivity index (χ2n) is 5.50. The summed E-state index contributed by atoms with van der Waals surface area (Å²) in [5, 5.41) is 0. The van der Waals surface area contributed by atoms with Crippen molar-refractivity contribution >= 4 is 22.9 Å². The van der Waals surface area contributed by atoms with Crippen LogP contribution in [0.5, 0.6) is 0 Å². The number of nitrogens with one attached hydrogen (secondary N) is 1. The minimum atomic E-state index is 0.0450. The van der Waals surface area contributed by atoms with Crippen molar-refractivity contribution in [1.29, 1.82) is 0 Å². The van der Waals surface area contributed by atoms with Crippen LogP contribution in [0.1, 0.15) is 50.4 Å². The Labute approximate surface area is 125 Å². The first-order valence-corrected chi connectivity index (χ1v) is 8.27. The topological polar surface area (TPSA) is 41.3 Å². The van der Waals surface area contributed by atoms with E-state index in [1.165, 1.54) is 37.2 Å². The molecule has 1 aromatic rings. The molecule has 0 aliphatic carbocycles. The lowest BCUT2D eigenvalue weighted by Gasteiger charge is -2.47. The third kappa shape index (κ3) is 3.14. The molecule has 2 atom stereocenters. The molecule has 0 saturated carbocycles. The van der Waals surface area contributed by atoms with E-state index >= 15 is 0 Å². The summed E-state index contributed by atoms with van der Waals surface area (Å²) in [4.78, 5) is 3.82. The number of rotatable bonds is 5. The van der Waals surface area contributed by atoms with E-state index in [9.17, 15) is 0 Å². The van der Waals surface area contributed by atoms with Crippen molar-refractivity contribution in [3.8, 4) is 0 Å². The third-order valence-corrected chi connectivity index (χ3v) is 5.76. The zero-order chi connectivity index (χ0) is 13.9. The Hall–Kier alpha value is -0.130. The molecule has 1 fully saturated rings. The molecule has 0 aromatic carbocycles. The van der Waals surface area contributed by atoms with E-state index in [4.69, 9.17) is 17.4 Å². The Morgan fingerprint density at radius 1 is 1.42 bits per heavy atom. The van der Waals surface area contributed by atoms with Crippen molar-refractivity contribution in [2.45, 2.75) is 51.1 Å². The van der Waals surface area contributed by atoms with Gasteiger partial charge in [-0.05, 0) is 51.4 Å². The van der Waals surface area contributed by atoms with Crippen LogP contribution in [0, 0.1) is 0 Å². The van der Waals surface area contributed by atoms with Gasteiger partial charge in [0.2, 0.25) is 0 Å². The van der Waals surface area contributed by atoms with E-state index in [0.29, 0.717) is 0 Å². The van der Waals surface area contributed by atoms with Crippen molar-refractivity contribution in [2.24, 2.45) is 5.84 Å². The fourth-order valence-electron chi connectivity index (χ4n) is 3.07. The minimum Gasteiger partial charge on any atom is -0.296 e. The molecule has 1 saturated heterocycles. The summed E-state index contributed by atoms with van der Waals surface area (Å²) in [6.45, 7) is 6.90. The lowest BCUT2D eigenvalue weighted by Crippen LogP contribution is -2.56. The first kappa shape index (κ1) is 15.3. The van der Waals surface area contributed by atoms with Crippen LogP contribution in [-0.2, 0) is 0 Å². The molecule has 0 spiro atoms. The van der Waals surface area contributed by atoms with Crippen LogP contribution in [0.15, 0.2) is 12.1 Å². The van der Waals surface area contributed by atoms with Crippen LogP contribution in [-0.4, -0.2) is 23.5 Å². The van der Waals surface area contributed by atoms with E-state index in [0.717, 1.165) is 10.8 Å². The Morgan fingerprint density at radius 2 is 2.11 bits per heavy atom. The molecule has 0 bridgehead atoms. The van der Waals surface area contributed by atoms with Crippen molar-refractivity contribution < 1.29 is 0 Å². The van der Waals surface area contributed by atoms with Crippen LogP contribution in [0.2, 0.25) is 4.34 Å². The molecular weight excluding hydrogens is 278 g/mol. The second-order valence-corrected chi connectivity index (χ2v) is 7.25. The van der Waals surface area contributed by atoms with Crippen LogP contribution in [0.25, 0.3) is 0 Å². The maximum atomic E-state index is 6.08. The van der Waals surface area contributed by atoms with Crippen molar-refractivity contribution in [3.63, 3.8) is 0 Å². The van der Waals surface area contributed by atoms with Crippen LogP contribution in [0.3, 0.4) is 0 Å². The molecule has 2 unspecified atom stereocenters. The first-order valence-electron chi connectivity index (χ1n) is 7.08. The summed E-state index contributed by atoms with van der Waals surface area (Å²) in [5.41, 5.74) is 3.08. The molecule has 5 heteroatoms. The number of hydrogen-bond acceptors (Lipinski definition) is 4. The monoisotopic (exact) mass is 301 g/mol. The van der Waals surface area contributed by atoms with Gasteiger partial charge in [0.05, 0.1) is 10.4 Å². The van der Waals surface area contributed by atoms with E-state index in [1.54, 1.807) is 11.3 Å². The average Bonchev–Trinajstić information content (AvgIpc) is 2.86. The number of nitrogens with two attached hydrogens (primary N) is 1. The molecular formula is C14H24ClN3S. The molecule has 0 amide bonds. The highest BCUT2D eigenvalue weighted by Gasteiger charge is 2.39. The fraction of sp³-hybridized carbons (Fsp3) is 0.714. The van der Waals surface area contributed by atoms with Gasteiger partial charge in [-0.2, -0.15) is 0 Å². The molecule has 1 aliphatic heterocycles. The molecule has 3 nitrogen and oxygen atoms in total. The summed E-state index contributed by atoms with van der Waals surface area (Å²) < 4.78 is 0.826. The predicted octanol–water partition coefficient (Wildman–Crippen LogP) is 3.56. The highest BCUT2D eigenvalue weighted by molar-refractivity contribution is 7.16. The van der Waals surface area contributed by atoms with E-state index in [2.05, 4.69) is 30.2 Å². The lowest BCUT2D eigenvalue weighted by atomic mass is 9.85. The molecule has 0 radical (unpaired) electrons. The molecule has 2 heterocycles. The van der Waals surface area contributed by atoms with Gasteiger partial charge in [-0.25, -0.2) is 0 Å². The first-order chi connectivity index (χ1) is 9.11. The number of halogens is 1. The van der Waals surface area contributed by atoms with Gasteiger partial charge in [-0.3, -0.25) is 16.2 Å². The van der Waals surface area contributed by atoms with Gasteiger partial charge in [0.25, 0.3) is 0 Å². The number of piperidine rings is 1. The number of hydrogen-bond donors (Lipinski definition) is 2. The largest absolute Gasteiger partial charge is 0.296 e. The Balaban J connectivity index is 2.25. The van der Waals surface area contributed by atoms with Crippen LogP contribution in [0.4, 0.5) is 0 Å². The van der Waals surface area contributed by atoms with Gasteiger partial charge in [-0.1, -0.05) is 24.9 Å². The second kappa shape index (κ2) is 6.55. The summed E-state index contributed by atoms with van der Waals surface area (Å²) in [6.07, 6.45) is 5.00. The van der Waals surface area contributed by atoms with E-state index in [-0.39, 0.29) is 11.6 Å². The SMILES string of the molecule is CCC(C)(C(NN)c1ccc(Cl)s1)N1CCCCC1. The van der Waals surface area contributed by atoms with Crippen LogP contribution >= 0.6 is 22.9 Å². The van der Waals surface area contributed by atoms with Gasteiger partial charge < -0.3 is 0 Å². The lowest BCUT2D eigenvalue weighted by molar-refractivity contribution is 0.0435. The summed E-state index contributed by atoms with van der Waals surface area (Å²) in [6, 6.07) is 4.18. The number of thiophene rings is 1. The Kier molecular flexibility index (Phi) is 5.26. The van der Waals surface area contributed by atoms with Crippen molar-refractivity contribution in [1.82, 2.24) is 10.3 Å². The molecule has 19 heavy (non-hydrogen) atoms. The fourth-order valence-corrected chi connectivity index (χ4v) is 4.33. The van der Waals surface area contributed by atoms with E-state index < -0.39 is 0 Å². The van der Waals surface area contributed by atoms with E-state index in [1.807, 2.05) is 6.07 Å². The van der Waals surface area contributed by atoms with Crippen molar-refractivity contribution in [3.05, 3.63) is 21.3 Å². The maximum Gasteiger partial charge on any atom is 0.0931 e. The Bertz CT molecular complexity index is 403. The standard InChI is InChI=1S/C14H24ClN3S/c1-3-14(2,18-9-5-4-6-10-18)13(17-16)11-7-8-12(15)19-11/h7-8,13,17H,3-6,9-10,16H2,1-2H3. The zero-order valence-electron chi connectivity index (χ0n) is 11.8. The molecule has 1 aromatic heterocycles. The minimum absolute atomic E-state index is 0.0450. The third-order valence-electron chi connectivity index (χ3n) is 4.46. The molecule has 108 valence electrons. The predicted molar refractivity (Wildman–Crippen MR) is 83.5 cm³/mol. The zero-order valence-corrected chi connectivity index (χ0v) is 13.4. The molecule has 3 N–H and O–H groups in total. The van der Waals surface area contributed by atoms with Gasteiger partial charge in [0, 0.05) is 10.4 Å². The van der Waals surface area contributed by atoms with Crippen LogP contribution < -0.4 is 11.3 Å². The number of nitrogens with zero attached hydrogens (tertiary/aromatic N) is 1. The number of likely N-dealkylation sites (tertiary alicyclic amines) is 1. The highest BCUT2D eigenvalue weighted by atomic mass is 35.5. The summed E-state index contributed by atoms with van der Waals surface area (Å²) >= 11 is 7.70. The van der Waals surface area contributed by atoms with Gasteiger partial charge in [0.15, 0.2) is 0 Å². The summed E-state index contributed by atoms with van der Waals surface area (Å²) in [7, 11) is 0. The Morgan fingerprint density at radius 3 is 2.58 bits per heavy atom. The smallest absolute Gasteiger partial charge is 0.0931 e. The average molecular weight is 302 g/mol. The molecule has 2 rings (SSSR count). The molecule has 1 aliphatic rings. The summed E-state index contributed by atoms with van der Waals surface area (Å²) in [5.74, 6) is 5.87. The number of hydrazine groups is 1.